The molecule has 1 fully saturated rings. The highest BCUT2D eigenvalue weighted by Gasteiger charge is 2.29. The fourth-order valence-corrected chi connectivity index (χ4v) is 4.65. The van der Waals surface area contributed by atoms with Crippen molar-refractivity contribution in [2.24, 2.45) is 0 Å². The topological polar surface area (TPSA) is 69.0 Å². The van der Waals surface area contributed by atoms with Crippen molar-refractivity contribution < 1.29 is 14.3 Å². The van der Waals surface area contributed by atoms with E-state index in [0.717, 1.165) is 33.8 Å². The lowest BCUT2D eigenvalue weighted by Gasteiger charge is -2.35. The third-order valence-corrected chi connectivity index (χ3v) is 6.14. The molecule has 2 atom stereocenters. The van der Waals surface area contributed by atoms with Crippen LogP contribution in [0, 0.1) is 6.92 Å². The molecule has 0 N–H and O–H groups in total. The molecule has 1 aliphatic rings. The highest BCUT2D eigenvalue weighted by molar-refractivity contribution is 5.95. The molecule has 1 aliphatic heterocycles. The lowest BCUT2D eigenvalue weighted by molar-refractivity contribution is -0.0587. The Morgan fingerprint density at radius 1 is 1.00 bits per heavy atom. The molecule has 7 heteroatoms. The van der Waals surface area contributed by atoms with Gasteiger partial charge in [-0.15, -0.1) is 0 Å². The summed E-state index contributed by atoms with van der Waals surface area (Å²) >= 11 is 0. The first-order chi connectivity index (χ1) is 16.4. The van der Waals surface area contributed by atoms with Crippen LogP contribution in [0.5, 0.6) is 5.75 Å². The number of carbonyl (C=O) groups is 1. The Hall–Kier alpha value is -3.71. The lowest BCUT2D eigenvalue weighted by Crippen LogP contribution is -2.48. The smallest absolute Gasteiger partial charge is 0.272 e. The highest BCUT2D eigenvalue weighted by Crippen LogP contribution is 2.32. The maximum atomic E-state index is 13.6. The van der Waals surface area contributed by atoms with Crippen LogP contribution in [-0.4, -0.2) is 57.8 Å². The van der Waals surface area contributed by atoms with Gasteiger partial charge in [-0.05, 0) is 56.7 Å². The number of morpholine rings is 1. The highest BCUT2D eigenvalue weighted by atomic mass is 16.5. The summed E-state index contributed by atoms with van der Waals surface area (Å²) in [6.07, 6.45) is -0.0378. The van der Waals surface area contributed by atoms with Crippen molar-refractivity contribution in [3.8, 4) is 28.1 Å². The third kappa shape index (κ3) is 4.03. The molecule has 0 radical (unpaired) electrons. The van der Waals surface area contributed by atoms with Crippen LogP contribution in [0.2, 0.25) is 0 Å². The van der Waals surface area contributed by atoms with Crippen LogP contribution in [-0.2, 0) is 4.74 Å². The number of aryl methyl sites for hydroxylation is 1. The number of hydrogen-bond donors (Lipinski definition) is 0. The van der Waals surface area contributed by atoms with E-state index in [-0.39, 0.29) is 18.1 Å². The van der Waals surface area contributed by atoms with E-state index in [0.29, 0.717) is 24.4 Å². The van der Waals surface area contributed by atoms with E-state index < -0.39 is 0 Å². The van der Waals surface area contributed by atoms with Gasteiger partial charge in [-0.1, -0.05) is 30.3 Å². The summed E-state index contributed by atoms with van der Waals surface area (Å²) in [5, 5.41) is 4.82. The van der Waals surface area contributed by atoms with Crippen LogP contribution in [0.3, 0.4) is 0 Å². The van der Waals surface area contributed by atoms with Gasteiger partial charge in [0, 0.05) is 24.2 Å². The molecule has 4 aromatic rings. The van der Waals surface area contributed by atoms with Crippen LogP contribution in [0.1, 0.15) is 30.0 Å². The van der Waals surface area contributed by atoms with Gasteiger partial charge in [0.1, 0.15) is 11.4 Å². The zero-order chi connectivity index (χ0) is 23.8. The Kier molecular flexibility index (Phi) is 5.79. The van der Waals surface area contributed by atoms with Crippen molar-refractivity contribution >= 4 is 11.6 Å². The van der Waals surface area contributed by atoms with E-state index in [1.807, 2.05) is 90.9 Å². The number of fused-ring (bicyclic) bond motifs is 1. The Balaban J connectivity index is 1.70. The van der Waals surface area contributed by atoms with E-state index in [9.17, 15) is 4.79 Å². The number of benzene rings is 2. The zero-order valence-electron chi connectivity index (χ0n) is 19.9. The molecular weight excluding hydrogens is 428 g/mol. The quantitative estimate of drug-likeness (QED) is 0.448. The number of amides is 1. The number of aromatic nitrogens is 3. The van der Waals surface area contributed by atoms with Gasteiger partial charge in [-0.2, -0.15) is 5.10 Å². The van der Waals surface area contributed by atoms with Crippen LogP contribution in [0.15, 0.2) is 60.7 Å². The second-order valence-electron chi connectivity index (χ2n) is 8.78. The van der Waals surface area contributed by atoms with Crippen molar-refractivity contribution in [2.75, 3.05) is 20.2 Å². The van der Waals surface area contributed by atoms with Crippen molar-refractivity contribution in [3.05, 3.63) is 72.1 Å². The maximum absolute atomic E-state index is 13.6. The summed E-state index contributed by atoms with van der Waals surface area (Å²) in [5.41, 5.74) is 5.58. The molecule has 0 aliphatic carbocycles. The van der Waals surface area contributed by atoms with Crippen molar-refractivity contribution in [2.45, 2.75) is 33.0 Å². The average molecular weight is 457 g/mol. The van der Waals surface area contributed by atoms with Gasteiger partial charge in [0.15, 0.2) is 5.65 Å². The number of rotatable bonds is 4. The number of carbonyl (C=O) groups excluding carboxylic acids is 1. The summed E-state index contributed by atoms with van der Waals surface area (Å²) in [6.45, 7) is 7.03. The van der Waals surface area contributed by atoms with Crippen molar-refractivity contribution in [1.82, 2.24) is 19.5 Å². The molecule has 34 heavy (non-hydrogen) atoms. The molecule has 0 saturated carbocycles. The van der Waals surface area contributed by atoms with Gasteiger partial charge in [-0.25, -0.2) is 9.50 Å². The third-order valence-electron chi connectivity index (χ3n) is 6.14. The summed E-state index contributed by atoms with van der Waals surface area (Å²) in [5.74, 6) is 0.667. The molecule has 2 aromatic heterocycles. The standard InChI is InChI=1S/C27H28N4O3/c1-17-15-30(16-18(2)34-17)27(32)23-14-24(20-10-12-22(33-4)13-11-20)31-26(28-23)25(19(3)29-31)21-8-6-5-7-9-21/h5-14,17-18H,15-16H2,1-4H3. The Bertz CT molecular complexity index is 1320. The first-order valence-electron chi connectivity index (χ1n) is 11.5. The summed E-state index contributed by atoms with van der Waals surface area (Å²) < 4.78 is 13.0. The van der Waals surface area contributed by atoms with Gasteiger partial charge in [0.25, 0.3) is 5.91 Å². The number of hydrogen-bond acceptors (Lipinski definition) is 5. The molecule has 0 spiro atoms. The van der Waals surface area contributed by atoms with Gasteiger partial charge < -0.3 is 14.4 Å². The normalized spacial score (nSPS) is 18.3. The second-order valence-corrected chi connectivity index (χ2v) is 8.78. The molecule has 1 saturated heterocycles. The lowest BCUT2D eigenvalue weighted by atomic mass is 10.1. The van der Waals surface area contributed by atoms with Crippen LogP contribution in [0.25, 0.3) is 28.0 Å². The molecule has 1 amide bonds. The van der Waals surface area contributed by atoms with E-state index in [1.54, 1.807) is 7.11 Å². The van der Waals surface area contributed by atoms with Crippen LogP contribution < -0.4 is 4.74 Å². The Morgan fingerprint density at radius 2 is 1.68 bits per heavy atom. The van der Waals surface area contributed by atoms with Gasteiger partial charge in [0.05, 0.1) is 30.7 Å². The number of nitrogens with zero attached hydrogens (tertiary/aromatic N) is 4. The Labute approximate surface area is 198 Å². The first-order valence-corrected chi connectivity index (χ1v) is 11.5. The molecule has 2 aromatic carbocycles. The number of ether oxygens (including phenoxy) is 2. The van der Waals surface area contributed by atoms with Gasteiger partial charge in [0.2, 0.25) is 0 Å². The molecule has 7 nitrogen and oxygen atoms in total. The Morgan fingerprint density at radius 3 is 2.32 bits per heavy atom. The minimum atomic E-state index is -0.0999. The predicted molar refractivity (Wildman–Crippen MR) is 131 cm³/mol. The zero-order valence-corrected chi connectivity index (χ0v) is 19.9. The minimum Gasteiger partial charge on any atom is -0.497 e. The van der Waals surface area contributed by atoms with Gasteiger partial charge >= 0.3 is 0 Å². The summed E-state index contributed by atoms with van der Waals surface area (Å²) in [6, 6.07) is 19.6. The molecular formula is C27H28N4O3. The molecule has 2 unspecified atom stereocenters. The van der Waals surface area contributed by atoms with E-state index in [2.05, 4.69) is 0 Å². The molecule has 174 valence electrons. The van der Waals surface area contributed by atoms with Crippen LogP contribution in [0.4, 0.5) is 0 Å². The summed E-state index contributed by atoms with van der Waals surface area (Å²) in [7, 11) is 1.64. The van der Waals surface area contributed by atoms with Gasteiger partial charge in [-0.3, -0.25) is 4.79 Å². The minimum absolute atomic E-state index is 0.0189. The molecule has 3 heterocycles. The van der Waals surface area contributed by atoms with Crippen LogP contribution >= 0.6 is 0 Å². The fraction of sp³-hybridized carbons (Fsp3) is 0.296. The summed E-state index contributed by atoms with van der Waals surface area (Å²) in [4.78, 5) is 20.3. The fourth-order valence-electron chi connectivity index (χ4n) is 4.65. The predicted octanol–water partition coefficient (Wildman–Crippen LogP) is 4.63. The largest absolute Gasteiger partial charge is 0.497 e. The van der Waals surface area contributed by atoms with Crippen molar-refractivity contribution in [3.63, 3.8) is 0 Å². The second kappa shape index (κ2) is 8.91. The maximum Gasteiger partial charge on any atom is 0.272 e. The van der Waals surface area contributed by atoms with E-state index in [4.69, 9.17) is 19.6 Å². The SMILES string of the molecule is COc1ccc(-c2cc(C(=O)N3CC(C)OC(C)C3)nc3c(-c4ccccc4)c(C)nn23)cc1. The first kappa shape index (κ1) is 22.1. The average Bonchev–Trinajstić information content (AvgIpc) is 3.18. The van der Waals surface area contributed by atoms with Crippen molar-refractivity contribution in [1.29, 1.82) is 0 Å². The number of methoxy groups -OCH3 is 1. The molecule has 0 bridgehead atoms. The molecule has 5 rings (SSSR count). The monoisotopic (exact) mass is 456 g/mol. The van der Waals surface area contributed by atoms with E-state index >= 15 is 0 Å². The van der Waals surface area contributed by atoms with E-state index in [1.165, 1.54) is 0 Å².